The molecule has 0 spiro atoms. The molecular formula is C17H25NO5S. The average molecular weight is 355 g/mol. The number of hydrogen-bond acceptors (Lipinski definition) is 6. The molecule has 0 aliphatic rings. The van der Waals surface area contributed by atoms with E-state index in [0.29, 0.717) is 26.4 Å². The molecule has 0 aliphatic heterocycles. The van der Waals surface area contributed by atoms with Gasteiger partial charge < -0.3 is 19.1 Å². The molecule has 0 radical (unpaired) electrons. The van der Waals surface area contributed by atoms with Crippen molar-refractivity contribution in [2.24, 2.45) is 0 Å². The van der Waals surface area contributed by atoms with Crippen LogP contribution in [0, 0.1) is 0 Å². The lowest BCUT2D eigenvalue weighted by Gasteiger charge is -2.21. The molecule has 0 saturated carbocycles. The summed E-state index contributed by atoms with van der Waals surface area (Å²) in [5.41, 5.74) is 0. The lowest BCUT2D eigenvalue weighted by atomic mass is 10.3. The van der Waals surface area contributed by atoms with Crippen LogP contribution in [0.2, 0.25) is 0 Å². The van der Waals surface area contributed by atoms with Gasteiger partial charge in [-0.3, -0.25) is 9.59 Å². The molecule has 0 unspecified atom stereocenters. The molecule has 0 saturated heterocycles. The summed E-state index contributed by atoms with van der Waals surface area (Å²) in [5.74, 6) is 0.515. The van der Waals surface area contributed by atoms with Crippen molar-refractivity contribution in [2.75, 3.05) is 45.8 Å². The number of methoxy groups -OCH3 is 1. The van der Waals surface area contributed by atoms with Crippen molar-refractivity contribution >= 4 is 23.6 Å². The van der Waals surface area contributed by atoms with Crippen LogP contribution in [0.1, 0.15) is 13.8 Å². The highest BCUT2D eigenvalue weighted by Gasteiger charge is 2.17. The summed E-state index contributed by atoms with van der Waals surface area (Å²) in [6.07, 6.45) is 0. The minimum Gasteiger partial charge on any atom is -0.494 e. The molecule has 0 N–H and O–H groups in total. The fourth-order valence-electron chi connectivity index (χ4n) is 1.89. The van der Waals surface area contributed by atoms with E-state index in [1.54, 1.807) is 14.0 Å². The zero-order chi connectivity index (χ0) is 17.8. The van der Waals surface area contributed by atoms with E-state index in [4.69, 9.17) is 14.2 Å². The number of rotatable bonds is 11. The van der Waals surface area contributed by atoms with E-state index in [9.17, 15) is 9.59 Å². The summed E-state index contributed by atoms with van der Waals surface area (Å²) in [6, 6.07) is 7.57. The summed E-state index contributed by atoms with van der Waals surface area (Å²) >= 11 is 1.42. The second kappa shape index (κ2) is 11.8. The van der Waals surface area contributed by atoms with Gasteiger partial charge >= 0.3 is 5.97 Å². The van der Waals surface area contributed by atoms with Crippen LogP contribution in [-0.2, 0) is 19.1 Å². The second-order valence-electron chi connectivity index (χ2n) is 4.81. The topological polar surface area (TPSA) is 65.1 Å². The summed E-state index contributed by atoms with van der Waals surface area (Å²) in [5, 5.41) is 0. The standard InChI is InChI=1S/C17H25NO5S/c1-4-22-14-6-8-15(9-7-14)24-13-16(19)18(10-11-21-3)12-17(20)23-5-2/h6-9H,4-5,10-13H2,1-3H3. The van der Waals surface area contributed by atoms with Gasteiger partial charge in [-0.1, -0.05) is 0 Å². The highest BCUT2D eigenvalue weighted by molar-refractivity contribution is 8.00. The number of benzene rings is 1. The second-order valence-corrected chi connectivity index (χ2v) is 5.85. The predicted molar refractivity (Wildman–Crippen MR) is 93.4 cm³/mol. The van der Waals surface area contributed by atoms with Crippen molar-refractivity contribution in [1.82, 2.24) is 4.90 Å². The lowest BCUT2D eigenvalue weighted by Crippen LogP contribution is -2.39. The normalized spacial score (nSPS) is 10.3. The lowest BCUT2D eigenvalue weighted by molar-refractivity contribution is -0.148. The van der Waals surface area contributed by atoms with E-state index in [0.717, 1.165) is 10.6 Å². The van der Waals surface area contributed by atoms with Gasteiger partial charge in [-0.2, -0.15) is 0 Å². The number of amides is 1. The Morgan fingerprint density at radius 3 is 2.42 bits per heavy atom. The van der Waals surface area contributed by atoms with Crippen molar-refractivity contribution in [3.63, 3.8) is 0 Å². The highest BCUT2D eigenvalue weighted by atomic mass is 32.2. The van der Waals surface area contributed by atoms with Crippen LogP contribution in [-0.4, -0.2) is 62.5 Å². The fraction of sp³-hybridized carbons (Fsp3) is 0.529. The minimum absolute atomic E-state index is 0.0557. The van der Waals surface area contributed by atoms with E-state index >= 15 is 0 Å². The first-order valence-electron chi connectivity index (χ1n) is 7.88. The fourth-order valence-corrected chi connectivity index (χ4v) is 2.69. The Morgan fingerprint density at radius 2 is 1.83 bits per heavy atom. The zero-order valence-electron chi connectivity index (χ0n) is 14.4. The zero-order valence-corrected chi connectivity index (χ0v) is 15.3. The number of carbonyl (C=O) groups is 2. The molecule has 0 bridgehead atoms. The molecule has 0 heterocycles. The molecule has 0 atom stereocenters. The predicted octanol–water partition coefficient (Wildman–Crippen LogP) is 2.22. The monoisotopic (exact) mass is 355 g/mol. The number of esters is 1. The van der Waals surface area contributed by atoms with Crippen molar-refractivity contribution < 1.29 is 23.8 Å². The van der Waals surface area contributed by atoms with Gasteiger partial charge in [-0.25, -0.2) is 0 Å². The largest absolute Gasteiger partial charge is 0.494 e. The molecular weight excluding hydrogens is 330 g/mol. The van der Waals surface area contributed by atoms with Gasteiger partial charge in [0.15, 0.2) is 0 Å². The van der Waals surface area contributed by atoms with Crippen molar-refractivity contribution in [1.29, 1.82) is 0 Å². The molecule has 24 heavy (non-hydrogen) atoms. The number of nitrogens with zero attached hydrogens (tertiary/aromatic N) is 1. The molecule has 1 aromatic rings. The van der Waals surface area contributed by atoms with Crippen LogP contribution in [0.25, 0.3) is 0 Å². The van der Waals surface area contributed by atoms with Crippen molar-refractivity contribution in [3.05, 3.63) is 24.3 Å². The maximum Gasteiger partial charge on any atom is 0.325 e. The van der Waals surface area contributed by atoms with E-state index < -0.39 is 5.97 Å². The third kappa shape index (κ3) is 7.70. The van der Waals surface area contributed by atoms with Crippen LogP contribution < -0.4 is 4.74 Å². The molecule has 6 nitrogen and oxygen atoms in total. The number of carbonyl (C=O) groups excluding carboxylic acids is 2. The summed E-state index contributed by atoms with van der Waals surface area (Å²) in [6.45, 7) is 5.26. The van der Waals surface area contributed by atoms with Gasteiger partial charge in [0.1, 0.15) is 12.3 Å². The molecule has 0 aromatic heterocycles. The Kier molecular flexibility index (Phi) is 9.95. The van der Waals surface area contributed by atoms with E-state index in [-0.39, 0.29) is 18.2 Å². The first-order valence-corrected chi connectivity index (χ1v) is 8.87. The quantitative estimate of drug-likeness (QED) is 0.448. The van der Waals surface area contributed by atoms with Gasteiger partial charge in [-0.05, 0) is 38.1 Å². The van der Waals surface area contributed by atoms with Crippen molar-refractivity contribution in [2.45, 2.75) is 18.7 Å². The van der Waals surface area contributed by atoms with Gasteiger partial charge in [0.2, 0.25) is 5.91 Å². The maximum absolute atomic E-state index is 12.3. The highest BCUT2D eigenvalue weighted by Crippen LogP contribution is 2.21. The summed E-state index contributed by atoms with van der Waals surface area (Å²) in [7, 11) is 1.56. The number of thioether (sulfide) groups is 1. The third-order valence-corrected chi connectivity index (χ3v) is 4.04. The molecule has 1 amide bonds. The molecule has 0 aliphatic carbocycles. The van der Waals surface area contributed by atoms with Crippen LogP contribution in [0.5, 0.6) is 5.75 Å². The van der Waals surface area contributed by atoms with Gasteiger partial charge in [-0.15, -0.1) is 11.8 Å². The third-order valence-electron chi connectivity index (χ3n) is 3.04. The molecule has 1 aromatic carbocycles. The Balaban J connectivity index is 2.54. The molecule has 134 valence electrons. The van der Waals surface area contributed by atoms with E-state index in [1.165, 1.54) is 16.7 Å². The molecule has 0 fully saturated rings. The minimum atomic E-state index is -0.409. The maximum atomic E-state index is 12.3. The van der Waals surface area contributed by atoms with E-state index in [2.05, 4.69) is 0 Å². The van der Waals surface area contributed by atoms with Gasteiger partial charge in [0, 0.05) is 18.6 Å². The average Bonchev–Trinajstić information content (AvgIpc) is 2.58. The Hall–Kier alpha value is -1.73. The van der Waals surface area contributed by atoms with E-state index in [1.807, 2.05) is 31.2 Å². The smallest absolute Gasteiger partial charge is 0.325 e. The van der Waals surface area contributed by atoms with Crippen LogP contribution in [0.15, 0.2) is 29.2 Å². The molecule has 1 rings (SSSR count). The van der Waals surface area contributed by atoms with Gasteiger partial charge in [0.25, 0.3) is 0 Å². The number of ether oxygens (including phenoxy) is 3. The van der Waals surface area contributed by atoms with Crippen LogP contribution in [0.3, 0.4) is 0 Å². The van der Waals surface area contributed by atoms with Gasteiger partial charge in [0.05, 0.1) is 25.6 Å². The van der Waals surface area contributed by atoms with Crippen LogP contribution in [0.4, 0.5) is 0 Å². The Morgan fingerprint density at radius 1 is 1.12 bits per heavy atom. The first-order chi connectivity index (χ1) is 11.6. The summed E-state index contributed by atoms with van der Waals surface area (Å²) < 4.78 is 15.3. The first kappa shape index (κ1) is 20.3. The summed E-state index contributed by atoms with van der Waals surface area (Å²) in [4.78, 5) is 26.4. The van der Waals surface area contributed by atoms with Crippen molar-refractivity contribution in [3.8, 4) is 5.75 Å². The Labute approximate surface area is 147 Å². The van der Waals surface area contributed by atoms with Crippen LogP contribution >= 0.6 is 11.8 Å². The molecule has 7 heteroatoms. The Bertz CT molecular complexity index is 506. The number of hydrogen-bond donors (Lipinski definition) is 0. The SMILES string of the molecule is CCOC(=O)CN(CCOC)C(=O)CSc1ccc(OCC)cc1.